The van der Waals surface area contributed by atoms with Crippen LogP contribution in [0.4, 0.5) is 0 Å². The Morgan fingerprint density at radius 1 is 1.09 bits per heavy atom. The van der Waals surface area contributed by atoms with Gasteiger partial charge in [-0.2, -0.15) is 0 Å². The van der Waals surface area contributed by atoms with Crippen molar-refractivity contribution >= 4 is 21.8 Å². The lowest BCUT2D eigenvalue weighted by Gasteiger charge is -2.08. The van der Waals surface area contributed by atoms with Gasteiger partial charge in [-0.1, -0.05) is 18.2 Å². The summed E-state index contributed by atoms with van der Waals surface area (Å²) in [6.45, 7) is 5.00. The van der Waals surface area contributed by atoms with Gasteiger partial charge in [0.2, 0.25) is 0 Å². The fraction of sp³-hybridized carbons (Fsp3) is 0.333. The molecule has 0 aliphatic carbocycles. The van der Waals surface area contributed by atoms with Crippen molar-refractivity contribution in [3.63, 3.8) is 0 Å². The van der Waals surface area contributed by atoms with Crippen LogP contribution >= 0.6 is 0 Å². The van der Waals surface area contributed by atoms with Crippen molar-refractivity contribution in [1.29, 1.82) is 0 Å². The molecule has 0 N–H and O–H groups in total. The molecule has 120 valence electrons. The minimum absolute atomic E-state index is 0.705. The molecule has 0 fully saturated rings. The van der Waals surface area contributed by atoms with Gasteiger partial charge in [0.1, 0.15) is 11.3 Å². The summed E-state index contributed by atoms with van der Waals surface area (Å²) < 4.78 is 14.5. The van der Waals surface area contributed by atoms with Crippen LogP contribution in [-0.2, 0) is 17.3 Å². The molecular formula is C18H21N3OS. The first kappa shape index (κ1) is 15.9. The van der Waals surface area contributed by atoms with E-state index in [-0.39, 0.29) is 0 Å². The molecule has 5 heteroatoms. The second-order valence-electron chi connectivity index (χ2n) is 5.70. The van der Waals surface area contributed by atoms with E-state index in [0.717, 1.165) is 41.2 Å². The summed E-state index contributed by atoms with van der Waals surface area (Å²) in [6, 6.07) is 9.68. The van der Waals surface area contributed by atoms with E-state index in [0.29, 0.717) is 5.75 Å². The molecule has 2 aromatic heterocycles. The van der Waals surface area contributed by atoms with E-state index in [2.05, 4.69) is 21.5 Å². The minimum atomic E-state index is -0.903. The summed E-state index contributed by atoms with van der Waals surface area (Å²) >= 11 is 0. The summed E-state index contributed by atoms with van der Waals surface area (Å²) in [7, 11) is -0.903. The van der Waals surface area contributed by atoms with Gasteiger partial charge in [-0.15, -0.1) is 0 Å². The van der Waals surface area contributed by atoms with Crippen LogP contribution in [0.3, 0.4) is 0 Å². The molecule has 1 aromatic carbocycles. The zero-order valence-electron chi connectivity index (χ0n) is 13.5. The average Bonchev–Trinajstić information content (AvgIpc) is 2.89. The summed E-state index contributed by atoms with van der Waals surface area (Å²) in [4.78, 5) is 9.70. The number of aryl methyl sites for hydroxylation is 3. The number of pyridine rings is 1. The molecule has 0 aliphatic heterocycles. The predicted molar refractivity (Wildman–Crippen MR) is 94.0 cm³/mol. The molecular weight excluding hydrogens is 306 g/mol. The molecule has 4 nitrogen and oxygen atoms in total. The predicted octanol–water partition coefficient (Wildman–Crippen LogP) is 3.64. The second kappa shape index (κ2) is 7.04. The molecule has 0 aliphatic rings. The molecule has 0 amide bonds. The molecule has 0 saturated heterocycles. The molecule has 1 atom stereocenters. The Hall–Kier alpha value is -2.01. The Morgan fingerprint density at radius 2 is 1.87 bits per heavy atom. The van der Waals surface area contributed by atoms with E-state index in [1.54, 1.807) is 0 Å². The zero-order valence-corrected chi connectivity index (χ0v) is 14.3. The maximum Gasteiger partial charge on any atom is 0.107 e. The largest absolute Gasteiger partial charge is 0.328 e. The van der Waals surface area contributed by atoms with Gasteiger partial charge in [0, 0.05) is 23.4 Å². The first-order valence-electron chi connectivity index (χ1n) is 7.87. The van der Waals surface area contributed by atoms with Gasteiger partial charge in [-0.05, 0) is 44.4 Å². The van der Waals surface area contributed by atoms with Gasteiger partial charge in [0.05, 0.1) is 22.5 Å². The number of fused-ring (bicyclic) bond motifs is 1. The first-order valence-corrected chi connectivity index (χ1v) is 9.19. The molecule has 3 aromatic rings. The fourth-order valence-corrected chi connectivity index (χ4v) is 4.00. The van der Waals surface area contributed by atoms with Crippen molar-refractivity contribution < 1.29 is 4.21 Å². The van der Waals surface area contributed by atoms with Gasteiger partial charge in [-0.3, -0.25) is 9.19 Å². The Balaban J connectivity index is 1.61. The third-order valence-electron chi connectivity index (χ3n) is 3.99. The van der Waals surface area contributed by atoms with Gasteiger partial charge in [0.25, 0.3) is 0 Å². The van der Waals surface area contributed by atoms with E-state index < -0.39 is 10.8 Å². The van der Waals surface area contributed by atoms with Crippen molar-refractivity contribution in [2.75, 3.05) is 5.75 Å². The normalized spacial score (nSPS) is 12.6. The van der Waals surface area contributed by atoms with Crippen LogP contribution in [-0.4, -0.2) is 24.5 Å². The van der Waals surface area contributed by atoms with Crippen molar-refractivity contribution in [2.24, 2.45) is 0 Å². The molecule has 2 heterocycles. The van der Waals surface area contributed by atoms with Crippen LogP contribution in [0.25, 0.3) is 11.0 Å². The van der Waals surface area contributed by atoms with Gasteiger partial charge in [0.15, 0.2) is 0 Å². The number of imidazole rings is 1. The highest BCUT2D eigenvalue weighted by Crippen LogP contribution is 2.19. The molecule has 23 heavy (non-hydrogen) atoms. The number of unbranched alkanes of at least 4 members (excludes halogenated alkanes) is 1. The molecule has 0 bridgehead atoms. The lowest BCUT2D eigenvalue weighted by molar-refractivity contribution is 0.626. The zero-order chi connectivity index (χ0) is 16.2. The lowest BCUT2D eigenvalue weighted by atomic mass is 10.2. The van der Waals surface area contributed by atoms with Crippen LogP contribution in [0.15, 0.2) is 47.6 Å². The number of hydrogen-bond donors (Lipinski definition) is 0. The second-order valence-corrected chi connectivity index (χ2v) is 7.28. The third kappa shape index (κ3) is 3.50. The third-order valence-corrected chi connectivity index (χ3v) is 5.45. The number of rotatable bonds is 6. The van der Waals surface area contributed by atoms with E-state index in [9.17, 15) is 4.21 Å². The highest BCUT2D eigenvalue weighted by molar-refractivity contribution is 7.85. The van der Waals surface area contributed by atoms with E-state index in [1.807, 2.05) is 49.6 Å². The number of hydrogen-bond acceptors (Lipinski definition) is 3. The molecule has 0 spiro atoms. The summed E-state index contributed by atoms with van der Waals surface area (Å²) in [5, 5.41) is 0. The molecule has 0 saturated carbocycles. The van der Waals surface area contributed by atoms with Crippen LogP contribution < -0.4 is 0 Å². The summed E-state index contributed by atoms with van der Waals surface area (Å²) in [5.74, 6) is 1.72. The minimum Gasteiger partial charge on any atom is -0.328 e. The van der Waals surface area contributed by atoms with Gasteiger partial charge < -0.3 is 4.57 Å². The van der Waals surface area contributed by atoms with Crippen LogP contribution in [0, 0.1) is 13.8 Å². The lowest BCUT2D eigenvalue weighted by Crippen LogP contribution is -2.04. The quantitative estimate of drug-likeness (QED) is 0.650. The van der Waals surface area contributed by atoms with Gasteiger partial charge >= 0.3 is 0 Å². The maximum atomic E-state index is 12.2. The Labute approximate surface area is 139 Å². The fourth-order valence-electron chi connectivity index (χ4n) is 2.84. The monoisotopic (exact) mass is 327 g/mol. The maximum absolute atomic E-state index is 12.2. The summed E-state index contributed by atoms with van der Waals surface area (Å²) in [6.07, 6.45) is 5.62. The standard InChI is InChI=1S/C18H21N3OS/c1-14-12-19-13-17-18(14)21(15(2)20-17)10-6-7-11-23(22)16-8-4-3-5-9-16/h3-5,8-9,12-13H,6-7,10-11H2,1-2H3. The molecule has 1 unspecified atom stereocenters. The molecule has 3 rings (SSSR count). The van der Waals surface area contributed by atoms with Crippen molar-refractivity contribution in [1.82, 2.24) is 14.5 Å². The van der Waals surface area contributed by atoms with E-state index in [4.69, 9.17) is 0 Å². The van der Waals surface area contributed by atoms with E-state index in [1.165, 1.54) is 5.52 Å². The summed E-state index contributed by atoms with van der Waals surface area (Å²) in [5.41, 5.74) is 3.27. The Kier molecular flexibility index (Phi) is 4.86. The smallest absolute Gasteiger partial charge is 0.107 e. The number of nitrogens with zero attached hydrogens (tertiary/aromatic N) is 3. The highest BCUT2D eigenvalue weighted by Gasteiger charge is 2.10. The van der Waals surface area contributed by atoms with Crippen LogP contribution in [0.2, 0.25) is 0 Å². The average molecular weight is 327 g/mol. The SMILES string of the molecule is Cc1cncc2nc(C)n(CCCCS(=O)c3ccccc3)c12. The number of aromatic nitrogens is 3. The van der Waals surface area contributed by atoms with Crippen molar-refractivity contribution in [3.8, 4) is 0 Å². The Bertz CT molecular complexity index is 827. The first-order chi connectivity index (χ1) is 11.2. The highest BCUT2D eigenvalue weighted by atomic mass is 32.2. The van der Waals surface area contributed by atoms with Gasteiger partial charge in [-0.25, -0.2) is 4.98 Å². The van der Waals surface area contributed by atoms with Crippen molar-refractivity contribution in [3.05, 3.63) is 54.1 Å². The topological polar surface area (TPSA) is 47.8 Å². The van der Waals surface area contributed by atoms with E-state index >= 15 is 0 Å². The number of benzene rings is 1. The van der Waals surface area contributed by atoms with Crippen LogP contribution in [0.1, 0.15) is 24.2 Å². The Morgan fingerprint density at radius 3 is 2.65 bits per heavy atom. The van der Waals surface area contributed by atoms with Crippen molar-refractivity contribution in [2.45, 2.75) is 38.1 Å². The van der Waals surface area contributed by atoms with Crippen LogP contribution in [0.5, 0.6) is 0 Å². The molecule has 0 radical (unpaired) electrons.